The van der Waals surface area contributed by atoms with Crippen LogP contribution in [0.3, 0.4) is 0 Å². The molecule has 6 heavy (non-hydrogen) atoms. The van der Waals surface area contributed by atoms with Crippen molar-refractivity contribution < 1.29 is 45.9 Å². The molecule has 0 bridgehead atoms. The van der Waals surface area contributed by atoms with Gasteiger partial charge in [-0.25, -0.2) is 0 Å². The van der Waals surface area contributed by atoms with Crippen molar-refractivity contribution in [2.45, 2.75) is 19.8 Å². The maximum atomic E-state index is 9.53. The van der Waals surface area contributed by atoms with E-state index in [9.17, 15) is 5.11 Å². The number of unbranched alkanes of at least 4 members (excludes halogenated alkanes) is 1. The molecule has 0 saturated heterocycles. The fraction of sp³-hybridized carbons (Fsp3) is 1.00. The van der Waals surface area contributed by atoms with E-state index in [4.69, 9.17) is 0 Å². The van der Waals surface area contributed by atoms with Crippen LogP contribution in [0.15, 0.2) is 0 Å². The third-order valence-corrected chi connectivity index (χ3v) is 0.498. The van der Waals surface area contributed by atoms with Crippen LogP contribution in [0.25, 0.3) is 0 Å². The van der Waals surface area contributed by atoms with E-state index in [0.717, 1.165) is 12.8 Å². The Morgan fingerprint density at radius 2 is 2.00 bits per heavy atom. The molecule has 0 saturated carbocycles. The average molecular weight is 217 g/mol. The second-order valence-electron chi connectivity index (χ2n) is 1.06. The maximum absolute atomic E-state index is 9.53. The van der Waals surface area contributed by atoms with Gasteiger partial charge in [0.05, 0.1) is 0 Å². The third-order valence-electron chi connectivity index (χ3n) is 0.498. The second kappa shape index (κ2) is 9.58. The Labute approximate surface area is 71.7 Å². The van der Waals surface area contributed by atoms with E-state index in [0.29, 0.717) is 0 Å². The zero-order valence-corrected chi connectivity index (χ0v) is 7.24. The average Bonchev–Trinajstić information content (AvgIpc) is 1.41. The Balaban J connectivity index is 0. The van der Waals surface area contributed by atoms with Gasteiger partial charge < -0.3 is 5.11 Å². The van der Waals surface area contributed by atoms with Crippen LogP contribution in [0.4, 0.5) is 0 Å². The van der Waals surface area contributed by atoms with Crippen molar-refractivity contribution in [3.63, 3.8) is 0 Å². The molecule has 0 amide bonds. The normalized spacial score (nSPS) is 7.00. The smallest absolute Gasteiger partial charge is 0.854 e. The molecule has 0 atom stereocenters. The van der Waals surface area contributed by atoms with Gasteiger partial charge >= 0.3 is 40.8 Å². The Morgan fingerprint density at radius 3 is 2.00 bits per heavy atom. The van der Waals surface area contributed by atoms with Crippen LogP contribution in [-0.4, -0.2) is 6.61 Å². The summed E-state index contributed by atoms with van der Waals surface area (Å²) in [7, 11) is 0. The zero-order chi connectivity index (χ0) is 4.12. The van der Waals surface area contributed by atoms with Crippen LogP contribution in [0.1, 0.15) is 19.8 Å². The Bertz CT molecular complexity index is 15.0. The molecule has 0 aliphatic rings. The van der Waals surface area contributed by atoms with Crippen molar-refractivity contribution in [3.8, 4) is 0 Å². The summed E-state index contributed by atoms with van der Waals surface area (Å²) in [6.45, 7) is 2.11. The van der Waals surface area contributed by atoms with Gasteiger partial charge in [-0.15, -0.1) is 6.61 Å². The standard InChI is InChI=1S/C4H9O.Nd/c1-2-3-4-5;/h2-4H2,1H3;/q-1;+3. The summed E-state index contributed by atoms with van der Waals surface area (Å²) in [5, 5.41) is 9.53. The molecule has 0 aliphatic heterocycles. The van der Waals surface area contributed by atoms with Crippen LogP contribution in [0.2, 0.25) is 0 Å². The summed E-state index contributed by atoms with van der Waals surface area (Å²) < 4.78 is 0. The van der Waals surface area contributed by atoms with E-state index in [1.807, 2.05) is 6.92 Å². The molecular formula is C4H9NdO+2. The van der Waals surface area contributed by atoms with Crippen LogP contribution in [-0.2, 0) is 0 Å². The zero-order valence-electron chi connectivity index (χ0n) is 4.03. The van der Waals surface area contributed by atoms with Crippen molar-refractivity contribution in [1.29, 1.82) is 0 Å². The molecule has 0 aromatic carbocycles. The van der Waals surface area contributed by atoms with Crippen molar-refractivity contribution in [1.82, 2.24) is 0 Å². The Morgan fingerprint density at radius 1 is 1.50 bits per heavy atom. The largest absolute Gasteiger partial charge is 3.00 e. The summed E-state index contributed by atoms with van der Waals surface area (Å²) >= 11 is 0. The van der Waals surface area contributed by atoms with Gasteiger partial charge in [0, 0.05) is 0 Å². The van der Waals surface area contributed by atoms with Crippen molar-refractivity contribution >= 4 is 0 Å². The SMILES string of the molecule is CCCC[O-].[Nd+3]. The van der Waals surface area contributed by atoms with Gasteiger partial charge in [-0.2, -0.15) is 0 Å². The summed E-state index contributed by atoms with van der Waals surface area (Å²) in [5.41, 5.74) is 0. The fourth-order valence-corrected chi connectivity index (χ4v) is 0.144. The summed E-state index contributed by atoms with van der Waals surface area (Å²) in [6, 6.07) is 0. The minimum Gasteiger partial charge on any atom is -0.854 e. The van der Waals surface area contributed by atoms with E-state index < -0.39 is 0 Å². The number of hydrogen-bond donors (Lipinski definition) is 0. The third kappa shape index (κ3) is 9.00. The second-order valence-corrected chi connectivity index (χ2v) is 1.06. The molecule has 2 heteroatoms. The molecule has 0 fully saturated rings. The first-order chi connectivity index (χ1) is 2.41. The summed E-state index contributed by atoms with van der Waals surface area (Å²) in [6.07, 6.45) is 1.86. The van der Waals surface area contributed by atoms with E-state index in [1.54, 1.807) is 0 Å². The van der Waals surface area contributed by atoms with Gasteiger partial charge in [0.25, 0.3) is 0 Å². The molecule has 0 aromatic heterocycles. The first-order valence-electron chi connectivity index (χ1n) is 2.00. The monoisotopic (exact) mass is 215 g/mol. The fourth-order valence-electron chi connectivity index (χ4n) is 0.144. The van der Waals surface area contributed by atoms with Crippen LogP contribution in [0, 0.1) is 40.8 Å². The molecule has 0 aromatic rings. The quantitative estimate of drug-likeness (QED) is 0.645. The van der Waals surface area contributed by atoms with Crippen LogP contribution < -0.4 is 5.11 Å². The molecule has 1 nitrogen and oxygen atoms in total. The molecule has 0 rings (SSSR count). The maximum Gasteiger partial charge on any atom is 3.00 e. The van der Waals surface area contributed by atoms with Gasteiger partial charge in [-0.1, -0.05) is 19.8 Å². The Hall–Kier alpha value is 1.31. The molecule has 33 valence electrons. The van der Waals surface area contributed by atoms with Crippen molar-refractivity contribution in [3.05, 3.63) is 0 Å². The number of rotatable bonds is 2. The van der Waals surface area contributed by atoms with Crippen LogP contribution in [0.5, 0.6) is 0 Å². The topological polar surface area (TPSA) is 23.1 Å². The predicted molar refractivity (Wildman–Crippen MR) is 19.8 cm³/mol. The molecular weight excluding hydrogens is 208 g/mol. The van der Waals surface area contributed by atoms with E-state index in [2.05, 4.69) is 0 Å². The van der Waals surface area contributed by atoms with Gasteiger partial charge in [0.2, 0.25) is 0 Å². The molecule has 1 radical (unpaired) electrons. The summed E-state index contributed by atoms with van der Waals surface area (Å²) in [4.78, 5) is 0. The molecule has 0 spiro atoms. The number of hydrogen-bond acceptors (Lipinski definition) is 1. The van der Waals surface area contributed by atoms with Gasteiger partial charge in [0.1, 0.15) is 0 Å². The van der Waals surface area contributed by atoms with Gasteiger partial charge in [0.15, 0.2) is 0 Å². The van der Waals surface area contributed by atoms with Crippen molar-refractivity contribution in [2.75, 3.05) is 6.61 Å². The molecule has 0 aliphatic carbocycles. The first-order valence-corrected chi connectivity index (χ1v) is 2.00. The molecule has 0 unspecified atom stereocenters. The van der Waals surface area contributed by atoms with E-state index in [-0.39, 0.29) is 47.4 Å². The van der Waals surface area contributed by atoms with Gasteiger partial charge in [-0.3, -0.25) is 0 Å². The minimum atomic E-state index is 0. The van der Waals surface area contributed by atoms with E-state index in [1.165, 1.54) is 0 Å². The van der Waals surface area contributed by atoms with Gasteiger partial charge in [-0.05, 0) is 0 Å². The Kier molecular flexibility index (Phi) is 16.5. The predicted octanol–water partition coefficient (Wildman–Crippen LogP) is 0.147. The molecule has 0 N–H and O–H groups in total. The summed E-state index contributed by atoms with van der Waals surface area (Å²) in [5.74, 6) is 0. The van der Waals surface area contributed by atoms with Crippen molar-refractivity contribution in [2.24, 2.45) is 0 Å². The van der Waals surface area contributed by atoms with Crippen LogP contribution >= 0.6 is 0 Å². The molecule has 0 heterocycles. The minimum absolute atomic E-state index is 0. The first kappa shape index (κ1) is 10.3. The van der Waals surface area contributed by atoms with E-state index >= 15 is 0 Å².